The van der Waals surface area contributed by atoms with Gasteiger partial charge >= 0.3 is 0 Å². The predicted molar refractivity (Wildman–Crippen MR) is 32.3 cm³/mol. The average molecular weight is 200 g/mol. The molecule has 1 rings (SSSR count). The number of carbonyl (C=O) groups excluding carboxylic acids is 1. The van der Waals surface area contributed by atoms with Gasteiger partial charge in [-0.1, -0.05) is 13.8 Å². The third-order valence-corrected chi connectivity index (χ3v) is 1.66. The van der Waals surface area contributed by atoms with Gasteiger partial charge in [-0.25, -0.2) is 0 Å². The third-order valence-electron chi connectivity index (χ3n) is 1.66. The van der Waals surface area contributed by atoms with Gasteiger partial charge in [-0.3, -0.25) is 5.92 Å². The summed E-state index contributed by atoms with van der Waals surface area (Å²) in [6.45, 7) is 4.28. The van der Waals surface area contributed by atoms with E-state index < -0.39 is 0 Å². The first kappa shape index (κ1) is 9.77. The molecule has 1 fully saturated rings. The second kappa shape index (κ2) is 3.82. The molecule has 0 aliphatic heterocycles. The minimum Gasteiger partial charge on any atom is -0.305 e. The van der Waals surface area contributed by atoms with Crippen molar-refractivity contribution in [1.82, 2.24) is 0 Å². The number of rotatable bonds is 1. The maximum absolute atomic E-state index is 10.4. The largest absolute Gasteiger partial charge is 0.305 e. The van der Waals surface area contributed by atoms with Crippen LogP contribution in [-0.2, 0) is 37.5 Å². The molecular formula is C7H11OY-. The van der Waals surface area contributed by atoms with E-state index in [9.17, 15) is 4.79 Å². The molecule has 1 aliphatic carbocycles. The van der Waals surface area contributed by atoms with E-state index in [2.05, 4.69) is 13.8 Å². The van der Waals surface area contributed by atoms with Crippen LogP contribution in [0.5, 0.6) is 0 Å². The van der Waals surface area contributed by atoms with Crippen LogP contribution in [0.15, 0.2) is 0 Å². The molecule has 9 heavy (non-hydrogen) atoms. The number of hydrogen-bond acceptors (Lipinski definition) is 1. The summed E-state index contributed by atoms with van der Waals surface area (Å²) >= 11 is 0. The van der Waals surface area contributed by atoms with E-state index in [1.54, 1.807) is 0 Å². The quantitative estimate of drug-likeness (QED) is 0.587. The summed E-state index contributed by atoms with van der Waals surface area (Å²) in [5.74, 6) is 2.47. The summed E-state index contributed by atoms with van der Waals surface area (Å²) in [6.07, 6.45) is 1.52. The smallest absolute Gasteiger partial charge is 0.0742 e. The number of ketones is 1. The van der Waals surface area contributed by atoms with E-state index in [1.807, 2.05) is 0 Å². The molecule has 0 unspecified atom stereocenters. The van der Waals surface area contributed by atoms with Crippen molar-refractivity contribution in [2.45, 2.75) is 26.7 Å². The summed E-state index contributed by atoms with van der Waals surface area (Å²) in [4.78, 5) is 10.4. The summed E-state index contributed by atoms with van der Waals surface area (Å²) in [7, 11) is 0. The molecule has 0 bridgehead atoms. The van der Waals surface area contributed by atoms with Crippen LogP contribution in [0.4, 0.5) is 0 Å². The molecule has 0 spiro atoms. The summed E-state index contributed by atoms with van der Waals surface area (Å²) in [6, 6.07) is 0. The van der Waals surface area contributed by atoms with Gasteiger partial charge < -0.3 is 4.79 Å². The fraction of sp³-hybridized carbons (Fsp3) is 0.714. The van der Waals surface area contributed by atoms with Gasteiger partial charge in [0, 0.05) is 32.7 Å². The maximum Gasteiger partial charge on any atom is 0.0742 e. The van der Waals surface area contributed by atoms with E-state index in [4.69, 9.17) is 0 Å². The predicted octanol–water partition coefficient (Wildman–Crippen LogP) is 1.58. The summed E-state index contributed by atoms with van der Waals surface area (Å²) in [5.41, 5.74) is 0. The van der Waals surface area contributed by atoms with Crippen LogP contribution in [0.25, 0.3) is 0 Å². The van der Waals surface area contributed by atoms with Gasteiger partial charge in [0.05, 0.1) is 5.78 Å². The molecule has 0 atom stereocenters. The number of hydrogen-bond donors (Lipinski definition) is 0. The Bertz CT molecular complexity index is 101. The Kier molecular flexibility index (Phi) is 4.15. The Morgan fingerprint density at radius 1 is 1.44 bits per heavy atom. The fourth-order valence-electron chi connectivity index (χ4n) is 0.863. The molecule has 0 aromatic carbocycles. The number of Topliss-reactive ketones (excluding diaryl/α,β-unsaturated/α-hetero) is 1. The van der Waals surface area contributed by atoms with Crippen molar-refractivity contribution in [3.05, 3.63) is 5.92 Å². The summed E-state index contributed by atoms with van der Waals surface area (Å²) in [5, 5.41) is 0. The van der Waals surface area contributed by atoms with Crippen molar-refractivity contribution in [3.8, 4) is 0 Å². The SMILES string of the molecule is CC(C)[C-]1CC(=O)C1.[Y]. The second-order valence-corrected chi connectivity index (χ2v) is 2.71. The first-order chi connectivity index (χ1) is 3.70. The first-order valence-corrected chi connectivity index (χ1v) is 3.06. The molecule has 49 valence electrons. The van der Waals surface area contributed by atoms with Crippen LogP contribution in [0.3, 0.4) is 0 Å². The maximum atomic E-state index is 10.4. The molecule has 0 heterocycles. The van der Waals surface area contributed by atoms with Crippen molar-refractivity contribution in [3.63, 3.8) is 0 Å². The van der Waals surface area contributed by atoms with Crippen molar-refractivity contribution in [2.75, 3.05) is 0 Å². The topological polar surface area (TPSA) is 17.1 Å². The minimum absolute atomic E-state index is 0. The molecule has 0 aromatic rings. The Balaban J connectivity index is 0.000000640. The van der Waals surface area contributed by atoms with Crippen LogP contribution in [0.2, 0.25) is 0 Å². The monoisotopic (exact) mass is 200 g/mol. The Morgan fingerprint density at radius 2 is 1.89 bits per heavy atom. The average Bonchev–Trinajstić information content (AvgIpc) is 1.57. The Hall–Kier alpha value is 0.774. The van der Waals surface area contributed by atoms with Gasteiger partial charge in [0.2, 0.25) is 0 Å². The fourth-order valence-corrected chi connectivity index (χ4v) is 0.863. The molecule has 1 aliphatic rings. The second-order valence-electron chi connectivity index (χ2n) is 2.71. The van der Waals surface area contributed by atoms with Crippen LogP contribution >= 0.6 is 0 Å². The van der Waals surface area contributed by atoms with Crippen LogP contribution in [0.1, 0.15) is 26.7 Å². The molecule has 1 saturated carbocycles. The van der Waals surface area contributed by atoms with E-state index in [-0.39, 0.29) is 32.7 Å². The van der Waals surface area contributed by atoms with Crippen LogP contribution in [-0.4, -0.2) is 5.78 Å². The van der Waals surface area contributed by atoms with Gasteiger partial charge in [0.1, 0.15) is 0 Å². The van der Waals surface area contributed by atoms with Gasteiger partial charge in [0.25, 0.3) is 0 Å². The van der Waals surface area contributed by atoms with E-state index >= 15 is 0 Å². The van der Waals surface area contributed by atoms with Crippen LogP contribution in [0, 0.1) is 11.8 Å². The normalized spacial score (nSPS) is 19.2. The third kappa shape index (κ3) is 2.47. The standard InChI is InChI=1S/C7H11O.Y/c1-5(2)6-3-7(8)4-6;/h5H,3-4H2,1-2H3;/q-1;. The molecule has 1 radical (unpaired) electrons. The Labute approximate surface area is 81.5 Å². The van der Waals surface area contributed by atoms with Crippen molar-refractivity contribution >= 4 is 5.78 Å². The van der Waals surface area contributed by atoms with Crippen molar-refractivity contribution in [1.29, 1.82) is 0 Å². The van der Waals surface area contributed by atoms with E-state index in [0.717, 1.165) is 12.8 Å². The van der Waals surface area contributed by atoms with E-state index in [1.165, 1.54) is 5.92 Å². The summed E-state index contributed by atoms with van der Waals surface area (Å²) < 4.78 is 0. The van der Waals surface area contributed by atoms with Crippen LogP contribution < -0.4 is 0 Å². The molecule has 0 N–H and O–H groups in total. The molecule has 0 aromatic heterocycles. The molecule has 1 nitrogen and oxygen atoms in total. The zero-order chi connectivity index (χ0) is 6.15. The van der Waals surface area contributed by atoms with Gasteiger partial charge in [0.15, 0.2) is 0 Å². The van der Waals surface area contributed by atoms with Gasteiger partial charge in [-0.15, -0.1) is 12.8 Å². The molecule has 0 amide bonds. The van der Waals surface area contributed by atoms with Crippen molar-refractivity contribution in [2.24, 2.45) is 5.92 Å². The molecule has 0 saturated heterocycles. The Morgan fingerprint density at radius 3 is 2.00 bits per heavy atom. The van der Waals surface area contributed by atoms with Gasteiger partial charge in [-0.05, 0) is 0 Å². The zero-order valence-corrected chi connectivity index (χ0v) is 8.82. The molecule has 2 heteroatoms. The van der Waals surface area contributed by atoms with E-state index in [0.29, 0.717) is 11.7 Å². The van der Waals surface area contributed by atoms with Crippen molar-refractivity contribution < 1.29 is 37.5 Å². The zero-order valence-electron chi connectivity index (χ0n) is 5.98. The minimum atomic E-state index is 0. The first-order valence-electron chi connectivity index (χ1n) is 3.06. The molecular weight excluding hydrogens is 189 g/mol. The number of carbonyl (C=O) groups is 1. The van der Waals surface area contributed by atoms with Gasteiger partial charge in [-0.2, -0.15) is 5.92 Å².